The summed E-state index contributed by atoms with van der Waals surface area (Å²) in [6, 6.07) is 13.2. The van der Waals surface area contributed by atoms with E-state index in [1.807, 2.05) is 12.1 Å². The third-order valence-corrected chi connectivity index (χ3v) is 5.28. The molecule has 29 heavy (non-hydrogen) atoms. The van der Waals surface area contributed by atoms with Crippen LogP contribution in [0.25, 0.3) is 0 Å². The number of phenolic OH excluding ortho intramolecular Hbond substituents is 1. The fraction of sp³-hybridized carbons (Fsp3) is 0.480. The highest BCUT2D eigenvalue weighted by molar-refractivity contribution is 5.98. The van der Waals surface area contributed by atoms with E-state index in [4.69, 9.17) is 9.47 Å². The number of carbonyl (C=O) groups is 1. The molecule has 4 nitrogen and oxygen atoms in total. The van der Waals surface area contributed by atoms with Crippen LogP contribution in [-0.4, -0.2) is 25.1 Å². The minimum absolute atomic E-state index is 0.00341. The van der Waals surface area contributed by atoms with Crippen molar-refractivity contribution in [2.45, 2.75) is 64.2 Å². The van der Waals surface area contributed by atoms with Gasteiger partial charge >= 0.3 is 0 Å². The molecular formula is C25H34O4. The van der Waals surface area contributed by atoms with Crippen LogP contribution in [0, 0.1) is 0 Å². The minimum atomic E-state index is 0.00341. The first-order valence-corrected chi connectivity index (χ1v) is 10.7. The summed E-state index contributed by atoms with van der Waals surface area (Å²) in [7, 11) is 3.23. The number of hydrogen-bond acceptors (Lipinski definition) is 4. The molecule has 0 aliphatic heterocycles. The van der Waals surface area contributed by atoms with Crippen molar-refractivity contribution >= 4 is 5.78 Å². The quantitative estimate of drug-likeness (QED) is 0.298. The fourth-order valence-electron chi connectivity index (χ4n) is 3.48. The molecule has 0 aromatic heterocycles. The van der Waals surface area contributed by atoms with Gasteiger partial charge in [-0.3, -0.25) is 4.79 Å². The van der Waals surface area contributed by atoms with Gasteiger partial charge < -0.3 is 14.6 Å². The smallest absolute Gasteiger partial charge is 0.166 e. The van der Waals surface area contributed by atoms with Crippen LogP contribution < -0.4 is 9.47 Å². The van der Waals surface area contributed by atoms with Gasteiger partial charge in [-0.25, -0.2) is 0 Å². The maximum atomic E-state index is 12.2. The first-order valence-electron chi connectivity index (χ1n) is 10.7. The molecule has 2 aromatic rings. The standard InChI is InChI=1S/C25H34O4/c1-28-21-15-13-20(14-16-21)11-9-7-5-3-4-6-8-10-12-24(26)23-18-17-22(29-2)19-25(23)27/h13-19,27H,3-12H2,1-2H3. The Morgan fingerprint density at radius 1 is 0.759 bits per heavy atom. The van der Waals surface area contributed by atoms with Crippen molar-refractivity contribution in [1.82, 2.24) is 0 Å². The number of hydrogen-bond donors (Lipinski definition) is 1. The van der Waals surface area contributed by atoms with E-state index in [9.17, 15) is 9.90 Å². The molecule has 0 saturated carbocycles. The van der Waals surface area contributed by atoms with E-state index in [0.29, 0.717) is 17.7 Å². The lowest BCUT2D eigenvalue weighted by Gasteiger charge is -2.06. The fourth-order valence-corrected chi connectivity index (χ4v) is 3.48. The van der Waals surface area contributed by atoms with Crippen molar-refractivity contribution in [3.05, 3.63) is 53.6 Å². The van der Waals surface area contributed by atoms with Crippen molar-refractivity contribution < 1.29 is 19.4 Å². The predicted molar refractivity (Wildman–Crippen MR) is 117 cm³/mol. The van der Waals surface area contributed by atoms with Crippen molar-refractivity contribution in [3.8, 4) is 17.2 Å². The van der Waals surface area contributed by atoms with E-state index in [1.165, 1.54) is 57.3 Å². The number of methoxy groups -OCH3 is 2. The second-order valence-corrected chi connectivity index (χ2v) is 7.48. The predicted octanol–water partition coefficient (Wildman–Crippen LogP) is 6.35. The van der Waals surface area contributed by atoms with Gasteiger partial charge in [0.25, 0.3) is 0 Å². The molecule has 4 heteroatoms. The molecule has 0 atom stereocenters. The number of aryl methyl sites for hydroxylation is 1. The Hall–Kier alpha value is -2.49. The number of ketones is 1. The van der Waals surface area contributed by atoms with Crippen LogP contribution in [0.2, 0.25) is 0 Å². The molecule has 158 valence electrons. The van der Waals surface area contributed by atoms with Crippen LogP contribution in [0.1, 0.15) is 73.7 Å². The van der Waals surface area contributed by atoms with Gasteiger partial charge in [0.15, 0.2) is 5.78 Å². The Kier molecular flexibility index (Phi) is 10.1. The van der Waals surface area contributed by atoms with Gasteiger partial charge in [-0.2, -0.15) is 0 Å². The van der Waals surface area contributed by atoms with Crippen LogP contribution in [0.5, 0.6) is 17.2 Å². The van der Waals surface area contributed by atoms with Gasteiger partial charge in [0.2, 0.25) is 0 Å². The van der Waals surface area contributed by atoms with E-state index in [2.05, 4.69) is 12.1 Å². The molecule has 1 N–H and O–H groups in total. The summed E-state index contributed by atoms with van der Waals surface area (Å²) >= 11 is 0. The third kappa shape index (κ3) is 8.18. The Balaban J connectivity index is 1.48. The van der Waals surface area contributed by atoms with Crippen LogP contribution in [0.15, 0.2) is 42.5 Å². The zero-order valence-electron chi connectivity index (χ0n) is 17.8. The zero-order valence-corrected chi connectivity index (χ0v) is 17.8. The normalized spacial score (nSPS) is 10.7. The molecule has 0 radical (unpaired) electrons. The highest BCUT2D eigenvalue weighted by atomic mass is 16.5. The number of aromatic hydroxyl groups is 1. The summed E-state index contributed by atoms with van der Waals surface area (Å²) in [5.74, 6) is 1.48. The molecule has 2 rings (SSSR count). The number of rotatable bonds is 14. The van der Waals surface area contributed by atoms with Gasteiger partial charge in [0.05, 0.1) is 19.8 Å². The summed E-state index contributed by atoms with van der Waals surface area (Å²) in [4.78, 5) is 12.2. The first-order chi connectivity index (χ1) is 14.1. The Morgan fingerprint density at radius 3 is 1.90 bits per heavy atom. The summed E-state index contributed by atoms with van der Waals surface area (Å²) in [6.07, 6.45) is 11.0. The van der Waals surface area contributed by atoms with Crippen LogP contribution in [0.4, 0.5) is 0 Å². The van der Waals surface area contributed by atoms with Crippen LogP contribution in [-0.2, 0) is 6.42 Å². The van der Waals surface area contributed by atoms with Crippen molar-refractivity contribution in [2.24, 2.45) is 0 Å². The van der Waals surface area contributed by atoms with Crippen LogP contribution in [0.3, 0.4) is 0 Å². The zero-order chi connectivity index (χ0) is 20.9. The van der Waals surface area contributed by atoms with E-state index in [-0.39, 0.29) is 11.5 Å². The van der Waals surface area contributed by atoms with Gasteiger partial charge in [-0.15, -0.1) is 0 Å². The summed E-state index contributed by atoms with van der Waals surface area (Å²) < 4.78 is 10.2. The molecule has 0 bridgehead atoms. The lowest BCUT2D eigenvalue weighted by atomic mass is 10.0. The third-order valence-electron chi connectivity index (χ3n) is 5.28. The average Bonchev–Trinajstić information content (AvgIpc) is 2.75. The van der Waals surface area contributed by atoms with Crippen molar-refractivity contribution in [1.29, 1.82) is 0 Å². The van der Waals surface area contributed by atoms with Crippen LogP contribution >= 0.6 is 0 Å². The van der Waals surface area contributed by atoms with Gasteiger partial charge in [-0.05, 0) is 49.1 Å². The molecule has 0 unspecified atom stereocenters. The van der Waals surface area contributed by atoms with Gasteiger partial charge in [0, 0.05) is 12.5 Å². The van der Waals surface area contributed by atoms with Crippen molar-refractivity contribution in [3.63, 3.8) is 0 Å². The number of Topliss-reactive ketones (excluding diaryl/α,β-unsaturated/α-hetero) is 1. The molecule has 0 spiro atoms. The number of phenols is 1. The monoisotopic (exact) mass is 398 g/mol. The van der Waals surface area contributed by atoms with Gasteiger partial charge in [0.1, 0.15) is 17.2 Å². The molecule has 2 aromatic carbocycles. The first kappa shape index (κ1) is 22.8. The van der Waals surface area contributed by atoms with Crippen molar-refractivity contribution in [2.75, 3.05) is 14.2 Å². The Morgan fingerprint density at radius 2 is 1.31 bits per heavy atom. The number of ether oxygens (including phenoxy) is 2. The molecule has 0 heterocycles. The lowest BCUT2D eigenvalue weighted by molar-refractivity contribution is 0.0976. The molecule has 0 aliphatic rings. The topological polar surface area (TPSA) is 55.8 Å². The Bertz CT molecular complexity index is 737. The lowest BCUT2D eigenvalue weighted by Crippen LogP contribution is -1.99. The molecule has 0 aliphatic carbocycles. The second kappa shape index (κ2) is 12.9. The van der Waals surface area contributed by atoms with E-state index in [0.717, 1.165) is 25.0 Å². The average molecular weight is 399 g/mol. The SMILES string of the molecule is COc1ccc(CCCCCCCCCCC(=O)c2ccc(OC)cc2O)cc1. The second-order valence-electron chi connectivity index (χ2n) is 7.48. The minimum Gasteiger partial charge on any atom is -0.507 e. The molecule has 0 amide bonds. The summed E-state index contributed by atoms with van der Waals surface area (Å²) in [6.45, 7) is 0. The maximum Gasteiger partial charge on any atom is 0.166 e. The van der Waals surface area contributed by atoms with E-state index < -0.39 is 0 Å². The van der Waals surface area contributed by atoms with E-state index in [1.54, 1.807) is 19.2 Å². The summed E-state index contributed by atoms with van der Waals surface area (Å²) in [5, 5.41) is 9.93. The highest BCUT2D eigenvalue weighted by Crippen LogP contribution is 2.25. The van der Waals surface area contributed by atoms with E-state index >= 15 is 0 Å². The molecule has 0 fully saturated rings. The number of benzene rings is 2. The largest absolute Gasteiger partial charge is 0.507 e. The molecule has 0 saturated heterocycles. The maximum absolute atomic E-state index is 12.2. The highest BCUT2D eigenvalue weighted by Gasteiger charge is 2.11. The van der Waals surface area contributed by atoms with Gasteiger partial charge in [-0.1, -0.05) is 50.7 Å². The Labute approximate surface area is 174 Å². The molecular weight excluding hydrogens is 364 g/mol. The number of unbranched alkanes of at least 4 members (excludes halogenated alkanes) is 7. The number of carbonyl (C=O) groups excluding carboxylic acids is 1. The summed E-state index contributed by atoms with van der Waals surface area (Å²) in [5.41, 5.74) is 1.76.